The lowest BCUT2D eigenvalue weighted by Gasteiger charge is -2.00. The van der Waals surface area contributed by atoms with Gasteiger partial charge in [-0.1, -0.05) is 18.2 Å². The highest BCUT2D eigenvalue weighted by molar-refractivity contribution is 7.15. The van der Waals surface area contributed by atoms with Crippen LogP contribution in [0.3, 0.4) is 0 Å². The van der Waals surface area contributed by atoms with Crippen molar-refractivity contribution in [1.29, 1.82) is 0 Å². The average molecular weight is 230 g/mol. The van der Waals surface area contributed by atoms with Gasteiger partial charge >= 0.3 is 0 Å². The summed E-state index contributed by atoms with van der Waals surface area (Å²) >= 11 is 1.58. The molecule has 3 aromatic rings. The minimum atomic E-state index is 0.541. The normalized spacial score (nSPS) is 11.1. The molecule has 80 valence electrons. The van der Waals surface area contributed by atoms with Crippen molar-refractivity contribution in [3.8, 4) is 11.4 Å². The molecule has 2 aromatic heterocycles. The van der Waals surface area contributed by atoms with Gasteiger partial charge in [-0.2, -0.15) is 0 Å². The Balaban J connectivity index is 2.19. The van der Waals surface area contributed by atoms with Gasteiger partial charge in [0.05, 0.1) is 0 Å². The Morgan fingerprint density at radius 1 is 1.31 bits per heavy atom. The molecule has 4 nitrogen and oxygen atoms in total. The quantitative estimate of drug-likeness (QED) is 0.731. The maximum atomic E-state index is 5.62. The van der Waals surface area contributed by atoms with Crippen molar-refractivity contribution in [1.82, 2.24) is 14.6 Å². The van der Waals surface area contributed by atoms with E-state index in [-0.39, 0.29) is 0 Å². The Kier molecular flexibility index (Phi) is 2.19. The summed E-state index contributed by atoms with van der Waals surface area (Å²) in [4.78, 5) is 0.910. The van der Waals surface area contributed by atoms with Crippen LogP contribution in [0.4, 0.5) is 0 Å². The Morgan fingerprint density at radius 3 is 3.12 bits per heavy atom. The highest BCUT2D eigenvalue weighted by atomic mass is 32.1. The monoisotopic (exact) mass is 230 g/mol. The van der Waals surface area contributed by atoms with Crippen molar-refractivity contribution in [2.75, 3.05) is 0 Å². The second-order valence-corrected chi connectivity index (χ2v) is 4.36. The highest BCUT2D eigenvalue weighted by Gasteiger charge is 2.08. The lowest BCUT2D eigenvalue weighted by Crippen LogP contribution is -1.96. The molecule has 3 rings (SSSR count). The number of thiazole rings is 1. The molecule has 0 saturated heterocycles. The average Bonchev–Trinajstić information content (AvgIpc) is 2.90. The summed E-state index contributed by atoms with van der Waals surface area (Å²) in [5.74, 6) is 0.867. The fraction of sp³-hybridized carbons (Fsp3) is 0.0909. The predicted octanol–water partition coefficient (Wildman–Crippen LogP) is 1.92. The fourth-order valence-electron chi connectivity index (χ4n) is 1.68. The number of fused-ring (bicyclic) bond motifs is 1. The number of nitrogens with two attached hydrogens (primary N) is 1. The summed E-state index contributed by atoms with van der Waals surface area (Å²) in [5, 5.41) is 10.3. The topological polar surface area (TPSA) is 56.2 Å². The van der Waals surface area contributed by atoms with Crippen LogP contribution in [-0.4, -0.2) is 14.6 Å². The molecule has 0 saturated carbocycles. The number of hydrogen-bond donors (Lipinski definition) is 1. The molecule has 0 bridgehead atoms. The van der Waals surface area contributed by atoms with Crippen molar-refractivity contribution in [3.63, 3.8) is 0 Å². The number of nitrogens with zero attached hydrogens (tertiary/aromatic N) is 3. The van der Waals surface area contributed by atoms with Gasteiger partial charge < -0.3 is 5.73 Å². The van der Waals surface area contributed by atoms with Gasteiger partial charge in [-0.3, -0.25) is 4.40 Å². The lowest BCUT2D eigenvalue weighted by molar-refractivity contribution is 1.06. The van der Waals surface area contributed by atoms with Gasteiger partial charge in [-0.25, -0.2) is 0 Å². The number of aromatic nitrogens is 3. The third kappa shape index (κ3) is 1.41. The van der Waals surface area contributed by atoms with E-state index in [1.165, 1.54) is 0 Å². The molecule has 0 unspecified atom stereocenters. The van der Waals surface area contributed by atoms with Crippen LogP contribution in [0.1, 0.15) is 5.56 Å². The first-order chi connectivity index (χ1) is 7.88. The van der Waals surface area contributed by atoms with Crippen LogP contribution in [0.15, 0.2) is 35.8 Å². The summed E-state index contributed by atoms with van der Waals surface area (Å²) in [6, 6.07) is 8.07. The standard InChI is InChI=1S/C11H10N4S/c12-7-8-2-1-3-9(6-8)10-13-14-11-15(10)4-5-16-11/h1-6H,7,12H2. The lowest BCUT2D eigenvalue weighted by atomic mass is 10.1. The second kappa shape index (κ2) is 3.70. The van der Waals surface area contributed by atoms with Crippen molar-refractivity contribution in [2.45, 2.75) is 6.54 Å². The molecule has 1 aromatic carbocycles. The molecule has 2 heterocycles. The minimum Gasteiger partial charge on any atom is -0.326 e. The van der Waals surface area contributed by atoms with E-state index in [2.05, 4.69) is 10.2 Å². The Hall–Kier alpha value is -1.72. The number of hydrogen-bond acceptors (Lipinski definition) is 4. The van der Waals surface area contributed by atoms with Crippen LogP contribution in [0.25, 0.3) is 16.3 Å². The van der Waals surface area contributed by atoms with Crippen LogP contribution >= 0.6 is 11.3 Å². The van der Waals surface area contributed by atoms with Gasteiger partial charge in [0, 0.05) is 23.7 Å². The smallest absolute Gasteiger partial charge is 0.216 e. The van der Waals surface area contributed by atoms with Crippen molar-refractivity contribution in [3.05, 3.63) is 41.4 Å². The predicted molar refractivity (Wildman–Crippen MR) is 64.2 cm³/mol. The van der Waals surface area contributed by atoms with E-state index in [4.69, 9.17) is 5.73 Å². The van der Waals surface area contributed by atoms with E-state index in [0.717, 1.165) is 21.9 Å². The summed E-state index contributed by atoms with van der Waals surface area (Å²) in [7, 11) is 0. The molecule has 0 aliphatic heterocycles. The Labute approximate surface area is 96.4 Å². The van der Waals surface area contributed by atoms with Gasteiger partial charge in [-0.05, 0) is 11.6 Å². The van der Waals surface area contributed by atoms with E-state index in [9.17, 15) is 0 Å². The first-order valence-corrected chi connectivity index (χ1v) is 5.84. The molecule has 0 fully saturated rings. The first-order valence-electron chi connectivity index (χ1n) is 4.96. The van der Waals surface area contributed by atoms with Crippen LogP contribution in [0.2, 0.25) is 0 Å². The SMILES string of the molecule is NCc1cccc(-c2nnc3sccn23)c1. The molecule has 0 atom stereocenters. The van der Waals surface area contributed by atoms with Crippen molar-refractivity contribution >= 4 is 16.3 Å². The Bertz CT molecular complexity index is 625. The molecule has 0 aliphatic carbocycles. The van der Waals surface area contributed by atoms with Gasteiger partial charge in [0.1, 0.15) is 0 Å². The summed E-state index contributed by atoms with van der Waals surface area (Å²) < 4.78 is 1.99. The molecule has 2 N–H and O–H groups in total. The molecular formula is C11H10N4S. The van der Waals surface area contributed by atoms with Crippen LogP contribution in [0.5, 0.6) is 0 Å². The largest absolute Gasteiger partial charge is 0.326 e. The zero-order valence-electron chi connectivity index (χ0n) is 8.50. The third-order valence-corrected chi connectivity index (χ3v) is 3.22. The number of benzene rings is 1. The third-order valence-electron chi connectivity index (χ3n) is 2.47. The summed E-state index contributed by atoms with van der Waals surface area (Å²) in [6.07, 6.45) is 1.98. The van der Waals surface area contributed by atoms with Crippen LogP contribution < -0.4 is 5.73 Å². The minimum absolute atomic E-state index is 0.541. The van der Waals surface area contributed by atoms with E-state index >= 15 is 0 Å². The van der Waals surface area contributed by atoms with Gasteiger partial charge in [0.15, 0.2) is 5.82 Å². The Morgan fingerprint density at radius 2 is 2.25 bits per heavy atom. The zero-order chi connectivity index (χ0) is 11.0. The molecule has 0 aliphatic rings. The van der Waals surface area contributed by atoms with Gasteiger partial charge in [0.25, 0.3) is 0 Å². The van der Waals surface area contributed by atoms with Gasteiger partial charge in [0.2, 0.25) is 4.96 Å². The number of rotatable bonds is 2. The molecule has 5 heteroatoms. The second-order valence-electron chi connectivity index (χ2n) is 3.48. The van der Waals surface area contributed by atoms with E-state index in [0.29, 0.717) is 6.54 Å². The fourth-order valence-corrected chi connectivity index (χ4v) is 2.33. The maximum Gasteiger partial charge on any atom is 0.216 e. The maximum absolute atomic E-state index is 5.62. The van der Waals surface area contributed by atoms with Crippen LogP contribution in [0, 0.1) is 0 Å². The molecule has 0 radical (unpaired) electrons. The van der Waals surface area contributed by atoms with Crippen molar-refractivity contribution in [2.24, 2.45) is 5.73 Å². The first kappa shape index (κ1) is 9.50. The molecular weight excluding hydrogens is 220 g/mol. The van der Waals surface area contributed by atoms with Crippen LogP contribution in [-0.2, 0) is 6.54 Å². The highest BCUT2D eigenvalue weighted by Crippen LogP contribution is 2.21. The summed E-state index contributed by atoms with van der Waals surface area (Å²) in [5.41, 5.74) is 7.78. The zero-order valence-corrected chi connectivity index (χ0v) is 9.31. The molecule has 0 spiro atoms. The van der Waals surface area contributed by atoms with Gasteiger partial charge in [-0.15, -0.1) is 21.5 Å². The molecule has 16 heavy (non-hydrogen) atoms. The van der Waals surface area contributed by atoms with Crippen molar-refractivity contribution < 1.29 is 0 Å². The van der Waals surface area contributed by atoms with E-state index < -0.39 is 0 Å². The van der Waals surface area contributed by atoms with E-state index in [1.807, 2.05) is 40.2 Å². The van der Waals surface area contributed by atoms with E-state index in [1.54, 1.807) is 11.3 Å². The summed E-state index contributed by atoms with van der Waals surface area (Å²) in [6.45, 7) is 0.541. The molecule has 0 amide bonds.